The second-order valence-corrected chi connectivity index (χ2v) is 6.45. The van der Waals surface area contributed by atoms with E-state index >= 15 is 0 Å². The fourth-order valence-corrected chi connectivity index (χ4v) is 3.28. The molecule has 3 heterocycles. The number of esters is 1. The van der Waals surface area contributed by atoms with E-state index in [1.54, 1.807) is 18.7 Å². The van der Waals surface area contributed by atoms with Crippen molar-refractivity contribution in [2.45, 2.75) is 19.8 Å². The molecule has 0 unspecified atom stereocenters. The predicted octanol–water partition coefficient (Wildman–Crippen LogP) is 2.88. The molecule has 0 amide bonds. The Morgan fingerprint density at radius 3 is 2.59 bits per heavy atom. The third-order valence-corrected chi connectivity index (χ3v) is 4.63. The Morgan fingerprint density at radius 2 is 1.89 bits per heavy atom. The summed E-state index contributed by atoms with van der Waals surface area (Å²) in [5, 5.41) is 7.48. The van der Waals surface area contributed by atoms with Crippen LogP contribution in [0.3, 0.4) is 0 Å². The number of hydrogen-bond acceptors (Lipinski definition) is 7. The van der Waals surface area contributed by atoms with Gasteiger partial charge < -0.3 is 15.0 Å². The Hall–Kier alpha value is -3.16. The van der Waals surface area contributed by atoms with Gasteiger partial charge in [0.25, 0.3) is 0 Å². The van der Waals surface area contributed by atoms with E-state index in [1.807, 2.05) is 24.3 Å². The van der Waals surface area contributed by atoms with E-state index in [2.05, 4.69) is 15.3 Å². The minimum absolute atomic E-state index is 0.308. The molecule has 0 radical (unpaired) electrons. The van der Waals surface area contributed by atoms with Crippen molar-refractivity contribution in [1.82, 2.24) is 19.7 Å². The molecule has 1 N–H and O–H groups in total. The van der Waals surface area contributed by atoms with Crippen molar-refractivity contribution in [2.24, 2.45) is 7.05 Å². The normalized spacial score (nSPS) is 13.9. The predicted molar refractivity (Wildman–Crippen MR) is 103 cm³/mol. The van der Waals surface area contributed by atoms with Crippen LogP contribution in [0.2, 0.25) is 0 Å². The molecule has 0 saturated carbocycles. The Kier molecular flexibility index (Phi) is 4.62. The van der Waals surface area contributed by atoms with Crippen molar-refractivity contribution in [3.8, 4) is 0 Å². The lowest BCUT2D eigenvalue weighted by molar-refractivity contribution is 0.0527. The number of para-hydroxylation sites is 2. The van der Waals surface area contributed by atoms with E-state index in [0.29, 0.717) is 23.8 Å². The van der Waals surface area contributed by atoms with Gasteiger partial charge in [-0.1, -0.05) is 12.1 Å². The summed E-state index contributed by atoms with van der Waals surface area (Å²) >= 11 is 0. The van der Waals surface area contributed by atoms with Gasteiger partial charge in [0.2, 0.25) is 0 Å². The summed E-state index contributed by atoms with van der Waals surface area (Å²) in [4.78, 5) is 24.1. The highest BCUT2D eigenvalue weighted by Crippen LogP contribution is 2.31. The zero-order valence-corrected chi connectivity index (χ0v) is 15.5. The van der Waals surface area contributed by atoms with Gasteiger partial charge in [-0.25, -0.2) is 14.8 Å². The van der Waals surface area contributed by atoms with Crippen LogP contribution in [0.5, 0.6) is 0 Å². The molecule has 27 heavy (non-hydrogen) atoms. The van der Waals surface area contributed by atoms with Gasteiger partial charge >= 0.3 is 5.97 Å². The second kappa shape index (κ2) is 7.22. The molecule has 0 bridgehead atoms. The summed E-state index contributed by atoms with van der Waals surface area (Å²) in [5.74, 6) is 1.54. The third kappa shape index (κ3) is 3.30. The maximum atomic E-state index is 12.3. The summed E-state index contributed by atoms with van der Waals surface area (Å²) in [6.45, 7) is 3.97. The first kappa shape index (κ1) is 17.3. The highest BCUT2D eigenvalue weighted by Gasteiger charge is 2.23. The molecule has 1 aromatic carbocycles. The molecule has 8 heteroatoms. The highest BCUT2D eigenvalue weighted by molar-refractivity contribution is 5.96. The molecular formula is C19H22N6O2. The van der Waals surface area contributed by atoms with E-state index in [0.717, 1.165) is 42.8 Å². The SMILES string of the molecule is CCOC(=O)c1cnn(C)c1Nc1nc2ccccc2nc1N1CCCC1. The summed E-state index contributed by atoms with van der Waals surface area (Å²) < 4.78 is 6.75. The second-order valence-electron chi connectivity index (χ2n) is 6.45. The van der Waals surface area contributed by atoms with E-state index < -0.39 is 5.97 Å². The van der Waals surface area contributed by atoms with E-state index in [4.69, 9.17) is 14.7 Å². The minimum atomic E-state index is -0.412. The van der Waals surface area contributed by atoms with Crippen molar-refractivity contribution in [3.63, 3.8) is 0 Å². The first-order chi connectivity index (χ1) is 13.2. The third-order valence-electron chi connectivity index (χ3n) is 4.63. The van der Waals surface area contributed by atoms with E-state index in [1.165, 1.54) is 6.20 Å². The molecule has 8 nitrogen and oxygen atoms in total. The standard InChI is InChI=1S/C19H22N6O2/c1-3-27-19(26)13-12-20-24(2)17(13)23-16-18(25-10-6-7-11-25)22-15-9-5-4-8-14(15)21-16/h4-5,8-9,12H,3,6-7,10-11H2,1-2H3,(H,21,23). The number of nitrogens with one attached hydrogen (secondary N) is 1. The molecule has 140 valence electrons. The number of aromatic nitrogens is 4. The van der Waals surface area contributed by atoms with Gasteiger partial charge in [0.15, 0.2) is 11.6 Å². The first-order valence-corrected chi connectivity index (χ1v) is 9.15. The fraction of sp³-hybridized carbons (Fsp3) is 0.368. The van der Waals surface area contributed by atoms with Crippen LogP contribution in [0.1, 0.15) is 30.1 Å². The number of aryl methyl sites for hydroxylation is 1. The molecule has 3 aromatic rings. The number of carbonyl (C=O) groups excluding carboxylic acids is 1. The Bertz CT molecular complexity index is 977. The van der Waals surface area contributed by atoms with Gasteiger partial charge in [-0.3, -0.25) is 4.68 Å². The average Bonchev–Trinajstić information content (AvgIpc) is 3.32. The van der Waals surface area contributed by atoms with Crippen molar-refractivity contribution in [1.29, 1.82) is 0 Å². The number of rotatable bonds is 5. The zero-order chi connectivity index (χ0) is 18.8. The van der Waals surface area contributed by atoms with Crippen LogP contribution in [-0.2, 0) is 11.8 Å². The van der Waals surface area contributed by atoms with Gasteiger partial charge in [0.1, 0.15) is 11.4 Å². The van der Waals surface area contributed by atoms with Crippen LogP contribution in [0, 0.1) is 0 Å². The topological polar surface area (TPSA) is 85.2 Å². The monoisotopic (exact) mass is 366 g/mol. The lowest BCUT2D eigenvalue weighted by atomic mass is 10.3. The number of fused-ring (bicyclic) bond motifs is 1. The number of carbonyl (C=O) groups is 1. The fourth-order valence-electron chi connectivity index (χ4n) is 3.28. The zero-order valence-electron chi connectivity index (χ0n) is 15.5. The summed E-state index contributed by atoms with van der Waals surface area (Å²) in [6, 6.07) is 7.78. The summed E-state index contributed by atoms with van der Waals surface area (Å²) in [5.41, 5.74) is 2.02. The van der Waals surface area contributed by atoms with Gasteiger partial charge in [0.05, 0.1) is 23.8 Å². The molecule has 1 fully saturated rings. The van der Waals surface area contributed by atoms with Gasteiger partial charge in [-0.15, -0.1) is 0 Å². The molecule has 1 aliphatic rings. The molecule has 0 spiro atoms. The van der Waals surface area contributed by atoms with Crippen LogP contribution in [-0.4, -0.2) is 45.4 Å². The number of nitrogens with zero attached hydrogens (tertiary/aromatic N) is 5. The van der Waals surface area contributed by atoms with E-state index in [-0.39, 0.29) is 0 Å². The lowest BCUT2D eigenvalue weighted by Crippen LogP contribution is -2.21. The van der Waals surface area contributed by atoms with Crippen molar-refractivity contribution < 1.29 is 9.53 Å². The Morgan fingerprint density at radius 1 is 1.19 bits per heavy atom. The van der Waals surface area contributed by atoms with Crippen molar-refractivity contribution in [3.05, 3.63) is 36.0 Å². The molecule has 1 aliphatic heterocycles. The van der Waals surface area contributed by atoms with Crippen LogP contribution in [0.25, 0.3) is 11.0 Å². The molecular weight excluding hydrogens is 344 g/mol. The lowest BCUT2D eigenvalue weighted by Gasteiger charge is -2.21. The molecule has 2 aromatic heterocycles. The minimum Gasteiger partial charge on any atom is -0.462 e. The number of benzene rings is 1. The van der Waals surface area contributed by atoms with Crippen LogP contribution in [0.15, 0.2) is 30.5 Å². The number of ether oxygens (including phenoxy) is 1. The van der Waals surface area contributed by atoms with Crippen LogP contribution < -0.4 is 10.2 Å². The van der Waals surface area contributed by atoms with Gasteiger partial charge in [-0.2, -0.15) is 5.10 Å². The molecule has 1 saturated heterocycles. The Balaban J connectivity index is 1.78. The highest BCUT2D eigenvalue weighted by atomic mass is 16.5. The summed E-state index contributed by atoms with van der Waals surface area (Å²) in [6.07, 6.45) is 3.77. The largest absolute Gasteiger partial charge is 0.462 e. The summed E-state index contributed by atoms with van der Waals surface area (Å²) in [7, 11) is 1.77. The van der Waals surface area contributed by atoms with Crippen molar-refractivity contribution in [2.75, 3.05) is 29.9 Å². The Labute approximate surface area is 157 Å². The number of anilines is 3. The smallest absolute Gasteiger partial charge is 0.343 e. The molecule has 0 aliphatic carbocycles. The first-order valence-electron chi connectivity index (χ1n) is 9.15. The molecule has 4 rings (SSSR count). The van der Waals surface area contributed by atoms with Gasteiger partial charge in [-0.05, 0) is 31.9 Å². The number of hydrogen-bond donors (Lipinski definition) is 1. The maximum Gasteiger partial charge on any atom is 0.343 e. The average molecular weight is 366 g/mol. The molecule has 0 atom stereocenters. The van der Waals surface area contributed by atoms with Crippen molar-refractivity contribution >= 4 is 34.5 Å². The van der Waals surface area contributed by atoms with Crippen LogP contribution >= 0.6 is 0 Å². The van der Waals surface area contributed by atoms with Gasteiger partial charge in [0, 0.05) is 20.1 Å². The van der Waals surface area contributed by atoms with E-state index in [9.17, 15) is 4.79 Å². The maximum absolute atomic E-state index is 12.3. The van der Waals surface area contributed by atoms with Crippen LogP contribution in [0.4, 0.5) is 17.5 Å². The quantitative estimate of drug-likeness (QED) is 0.695.